The van der Waals surface area contributed by atoms with Gasteiger partial charge in [-0.25, -0.2) is 0 Å². The van der Waals surface area contributed by atoms with Crippen molar-refractivity contribution in [1.82, 2.24) is 9.88 Å². The number of aromatic nitrogens is 1. The lowest BCUT2D eigenvalue weighted by atomic mass is 10.1. The summed E-state index contributed by atoms with van der Waals surface area (Å²) in [5, 5.41) is 3.85. The highest BCUT2D eigenvalue weighted by Crippen LogP contribution is 2.32. The Morgan fingerprint density at radius 2 is 1.76 bits per heavy atom. The van der Waals surface area contributed by atoms with Gasteiger partial charge in [0.1, 0.15) is 0 Å². The van der Waals surface area contributed by atoms with Crippen LogP contribution in [-0.4, -0.2) is 17.0 Å². The van der Waals surface area contributed by atoms with Gasteiger partial charge in [0.15, 0.2) is 0 Å². The van der Waals surface area contributed by atoms with Crippen LogP contribution in [0.3, 0.4) is 0 Å². The van der Waals surface area contributed by atoms with Gasteiger partial charge >= 0.3 is 6.18 Å². The molecule has 0 aliphatic rings. The van der Waals surface area contributed by atoms with E-state index in [-0.39, 0.29) is 5.56 Å². The number of para-hydroxylation sites is 1. The van der Waals surface area contributed by atoms with Crippen molar-refractivity contribution in [3.05, 3.63) is 100 Å². The molecule has 170 valence electrons. The number of alkyl halides is 3. The third-order valence-corrected chi connectivity index (χ3v) is 6.79. The van der Waals surface area contributed by atoms with Gasteiger partial charge in [-0.05, 0) is 42.0 Å². The highest BCUT2D eigenvalue weighted by Gasteiger charge is 2.30. The van der Waals surface area contributed by atoms with Crippen molar-refractivity contribution in [2.45, 2.75) is 23.4 Å². The number of halogens is 4. The maximum Gasteiger partial charge on any atom is 0.416 e. The number of thioether (sulfide) groups is 1. The molecule has 1 N–H and O–H groups in total. The molecule has 0 spiro atoms. The Hall–Kier alpha value is -2.71. The molecule has 0 atom stereocenters. The van der Waals surface area contributed by atoms with E-state index in [1.54, 1.807) is 11.8 Å². The zero-order chi connectivity index (χ0) is 23.4. The van der Waals surface area contributed by atoms with E-state index in [1.807, 2.05) is 30.3 Å². The van der Waals surface area contributed by atoms with E-state index in [2.05, 4.69) is 50.2 Å². The average Bonchev–Trinajstić information content (AvgIpc) is 3.16. The van der Waals surface area contributed by atoms with E-state index in [1.165, 1.54) is 17.7 Å². The number of carbonyl (C=O) groups is 1. The first-order chi connectivity index (χ1) is 15.8. The minimum atomic E-state index is -4.48. The molecule has 3 aromatic carbocycles. The smallest absolute Gasteiger partial charge is 0.350 e. The minimum Gasteiger partial charge on any atom is -0.350 e. The van der Waals surface area contributed by atoms with Crippen LogP contribution < -0.4 is 5.32 Å². The Labute approximate surface area is 202 Å². The van der Waals surface area contributed by atoms with Gasteiger partial charge in [0, 0.05) is 50.9 Å². The summed E-state index contributed by atoms with van der Waals surface area (Å²) in [6.07, 6.45) is -2.42. The fourth-order valence-electron chi connectivity index (χ4n) is 3.48. The summed E-state index contributed by atoms with van der Waals surface area (Å²) in [4.78, 5) is 13.5. The quantitative estimate of drug-likeness (QED) is 0.256. The van der Waals surface area contributed by atoms with Gasteiger partial charge in [-0.2, -0.15) is 13.2 Å². The predicted octanol–water partition coefficient (Wildman–Crippen LogP) is 7.14. The second-order valence-corrected chi connectivity index (χ2v) is 9.39. The van der Waals surface area contributed by atoms with Crippen molar-refractivity contribution < 1.29 is 18.0 Å². The summed E-state index contributed by atoms with van der Waals surface area (Å²) in [6.45, 7) is 0.800. The summed E-state index contributed by atoms with van der Waals surface area (Å²) in [5.41, 5.74) is 1.42. The summed E-state index contributed by atoms with van der Waals surface area (Å²) in [6, 6.07) is 20.7. The second kappa shape index (κ2) is 10.1. The number of fused-ring (bicyclic) bond motifs is 1. The lowest BCUT2D eigenvalue weighted by Gasteiger charge is -2.10. The van der Waals surface area contributed by atoms with Crippen LogP contribution in [0.5, 0.6) is 0 Å². The Kier molecular flexibility index (Phi) is 7.14. The molecule has 0 saturated heterocycles. The fourth-order valence-corrected chi connectivity index (χ4v) is 4.79. The van der Waals surface area contributed by atoms with Crippen LogP contribution in [-0.2, 0) is 18.5 Å². The number of nitrogens with zero attached hydrogens (tertiary/aromatic N) is 1. The highest BCUT2D eigenvalue weighted by molar-refractivity contribution is 9.10. The van der Waals surface area contributed by atoms with Crippen LogP contribution in [0, 0.1) is 0 Å². The van der Waals surface area contributed by atoms with Gasteiger partial charge in [0.2, 0.25) is 0 Å². The number of hydrogen-bond acceptors (Lipinski definition) is 2. The average molecular weight is 533 g/mol. The number of carbonyl (C=O) groups excluding carboxylic acids is 1. The van der Waals surface area contributed by atoms with E-state index >= 15 is 0 Å². The van der Waals surface area contributed by atoms with Crippen LogP contribution in [0.15, 0.2) is 88.4 Å². The summed E-state index contributed by atoms with van der Waals surface area (Å²) < 4.78 is 41.8. The van der Waals surface area contributed by atoms with Gasteiger partial charge in [-0.3, -0.25) is 4.79 Å². The molecule has 8 heteroatoms. The van der Waals surface area contributed by atoms with Crippen LogP contribution in [0.25, 0.3) is 10.9 Å². The van der Waals surface area contributed by atoms with E-state index in [0.717, 1.165) is 38.2 Å². The topological polar surface area (TPSA) is 34.0 Å². The van der Waals surface area contributed by atoms with E-state index < -0.39 is 17.6 Å². The van der Waals surface area contributed by atoms with Crippen molar-refractivity contribution in [3.63, 3.8) is 0 Å². The first kappa shape index (κ1) is 23.4. The van der Waals surface area contributed by atoms with Crippen LogP contribution in [0.2, 0.25) is 0 Å². The first-order valence-electron chi connectivity index (χ1n) is 10.2. The van der Waals surface area contributed by atoms with Gasteiger partial charge in [0.05, 0.1) is 5.56 Å². The highest BCUT2D eigenvalue weighted by atomic mass is 79.9. The van der Waals surface area contributed by atoms with E-state index in [9.17, 15) is 18.0 Å². The van der Waals surface area contributed by atoms with Crippen molar-refractivity contribution in [2.24, 2.45) is 0 Å². The number of rotatable bonds is 7. The molecule has 33 heavy (non-hydrogen) atoms. The zero-order valence-electron chi connectivity index (χ0n) is 17.4. The molecule has 0 saturated carbocycles. The number of amides is 1. The fraction of sp³-hybridized carbons (Fsp3) is 0.160. The lowest BCUT2D eigenvalue weighted by molar-refractivity contribution is -0.137. The van der Waals surface area contributed by atoms with Crippen molar-refractivity contribution in [1.29, 1.82) is 0 Å². The zero-order valence-corrected chi connectivity index (χ0v) is 19.8. The third kappa shape index (κ3) is 5.81. The predicted molar refractivity (Wildman–Crippen MR) is 129 cm³/mol. The standard InChI is InChI=1S/C25H20BrF3N2OS/c26-20-10-8-17(9-11-20)16-33-23-15-31(22-7-2-1-6-21(22)23)13-12-30-24(32)18-4-3-5-19(14-18)25(27,28)29/h1-11,14-15H,12-13,16H2,(H,30,32). The molecule has 0 fully saturated rings. The molecule has 0 bridgehead atoms. The molecule has 0 aliphatic heterocycles. The minimum absolute atomic E-state index is 0.00654. The normalized spacial score (nSPS) is 11.6. The number of nitrogens with one attached hydrogen (secondary N) is 1. The summed E-state index contributed by atoms with van der Waals surface area (Å²) >= 11 is 5.19. The molecule has 1 amide bonds. The summed E-state index contributed by atoms with van der Waals surface area (Å²) in [7, 11) is 0. The first-order valence-corrected chi connectivity index (χ1v) is 12.0. The molecule has 4 rings (SSSR count). The second-order valence-electron chi connectivity index (χ2n) is 7.45. The van der Waals surface area contributed by atoms with Crippen molar-refractivity contribution in [3.8, 4) is 0 Å². The van der Waals surface area contributed by atoms with Crippen LogP contribution in [0.1, 0.15) is 21.5 Å². The molecule has 3 nitrogen and oxygen atoms in total. The van der Waals surface area contributed by atoms with Gasteiger partial charge in [-0.1, -0.05) is 52.3 Å². The van der Waals surface area contributed by atoms with E-state index in [4.69, 9.17) is 0 Å². The molecule has 1 heterocycles. The summed E-state index contributed by atoms with van der Waals surface area (Å²) in [5.74, 6) is 0.301. The van der Waals surface area contributed by atoms with Gasteiger partial charge in [0.25, 0.3) is 5.91 Å². The molecule has 1 aromatic heterocycles. The molecular formula is C25H20BrF3N2OS. The van der Waals surface area contributed by atoms with Crippen LogP contribution in [0.4, 0.5) is 13.2 Å². The molecule has 0 unspecified atom stereocenters. The van der Waals surface area contributed by atoms with E-state index in [0.29, 0.717) is 13.1 Å². The third-order valence-electron chi connectivity index (χ3n) is 5.15. The molecule has 0 radical (unpaired) electrons. The SMILES string of the molecule is O=C(NCCn1cc(SCc2ccc(Br)cc2)c2ccccc21)c1cccc(C(F)(F)F)c1. The number of hydrogen-bond donors (Lipinski definition) is 1. The van der Waals surface area contributed by atoms with Gasteiger partial charge < -0.3 is 9.88 Å². The van der Waals surface area contributed by atoms with Crippen molar-refractivity contribution in [2.75, 3.05) is 6.54 Å². The Morgan fingerprint density at radius 3 is 2.52 bits per heavy atom. The monoisotopic (exact) mass is 532 g/mol. The lowest BCUT2D eigenvalue weighted by Crippen LogP contribution is -2.27. The van der Waals surface area contributed by atoms with Crippen molar-refractivity contribution >= 4 is 44.5 Å². The molecule has 4 aromatic rings. The maximum absolute atomic E-state index is 12.9. The molecular weight excluding hydrogens is 513 g/mol. The number of benzene rings is 3. The molecule has 0 aliphatic carbocycles. The Balaban J connectivity index is 1.42. The van der Waals surface area contributed by atoms with Gasteiger partial charge in [-0.15, -0.1) is 11.8 Å². The van der Waals surface area contributed by atoms with Crippen LogP contribution >= 0.6 is 27.7 Å². The Morgan fingerprint density at radius 1 is 1.00 bits per heavy atom. The Bertz CT molecular complexity index is 1270. The maximum atomic E-state index is 12.9. The largest absolute Gasteiger partial charge is 0.416 e.